The predicted octanol–water partition coefficient (Wildman–Crippen LogP) is 6.97. The Hall–Kier alpha value is -1.89. The van der Waals surface area contributed by atoms with Crippen LogP contribution < -0.4 is 5.32 Å². The van der Waals surface area contributed by atoms with Crippen LogP contribution in [-0.4, -0.2) is 42.9 Å². The number of halogens is 1. The third-order valence-corrected chi connectivity index (χ3v) is 13.6. The molecule has 5 nitrogen and oxygen atoms in total. The number of carbonyl (C=O) groups is 1. The van der Waals surface area contributed by atoms with Crippen molar-refractivity contribution in [3.05, 3.63) is 57.4 Å². The molecule has 1 N–H and O–H groups in total. The van der Waals surface area contributed by atoms with Gasteiger partial charge in [-0.25, -0.2) is 4.98 Å². The highest BCUT2D eigenvalue weighted by atomic mass is 35.5. The van der Waals surface area contributed by atoms with E-state index in [2.05, 4.69) is 55.1 Å². The summed E-state index contributed by atoms with van der Waals surface area (Å²) in [6.45, 7) is 12.1. The van der Waals surface area contributed by atoms with Crippen LogP contribution in [0.1, 0.15) is 85.5 Å². The molecule has 2 aliphatic carbocycles. The van der Waals surface area contributed by atoms with Crippen LogP contribution in [0.15, 0.2) is 24.4 Å². The van der Waals surface area contributed by atoms with Crippen LogP contribution in [0.4, 0.5) is 5.69 Å². The van der Waals surface area contributed by atoms with Gasteiger partial charge in [0.25, 0.3) is 5.91 Å². The van der Waals surface area contributed by atoms with Gasteiger partial charge in [-0.15, -0.1) is 0 Å². The molecule has 0 radical (unpaired) electrons. The van der Waals surface area contributed by atoms with Crippen LogP contribution in [0.25, 0.3) is 0 Å². The molecule has 2 heterocycles. The fourth-order valence-corrected chi connectivity index (χ4v) is 7.41. The van der Waals surface area contributed by atoms with Crippen molar-refractivity contribution in [2.45, 2.75) is 102 Å². The standard InChI is InChI=1S/C29H40ClN3O2Si/c1-29(2,3)36(4,5)35-25-12-7-6-11-24(25)33-18-32-27-22-10-8-9-21(22)20(16-23(27)28(33)34)15-19-13-14-26(30)31-17-19/h13-14,16-17,24-25,32H,6-12,15,18H2,1-5H3/t24-,25-/m0/s1. The van der Waals surface area contributed by atoms with Gasteiger partial charge in [0.1, 0.15) is 5.15 Å². The quantitative estimate of drug-likeness (QED) is 0.338. The molecule has 1 fully saturated rings. The van der Waals surface area contributed by atoms with Gasteiger partial charge in [-0.05, 0) is 91.0 Å². The number of carbonyl (C=O) groups excluding carboxylic acids is 1. The zero-order valence-corrected chi connectivity index (χ0v) is 24.2. The highest BCUT2D eigenvalue weighted by Gasteiger charge is 2.44. The van der Waals surface area contributed by atoms with Crippen molar-refractivity contribution in [3.63, 3.8) is 0 Å². The molecule has 5 rings (SSSR count). The van der Waals surface area contributed by atoms with Crippen LogP contribution in [0.5, 0.6) is 0 Å². The Balaban J connectivity index is 1.45. The Morgan fingerprint density at radius 1 is 1.14 bits per heavy atom. The smallest absolute Gasteiger partial charge is 0.257 e. The lowest BCUT2D eigenvalue weighted by Crippen LogP contribution is -2.56. The van der Waals surface area contributed by atoms with Crippen molar-refractivity contribution in [1.82, 2.24) is 9.88 Å². The van der Waals surface area contributed by atoms with Crippen molar-refractivity contribution in [3.8, 4) is 0 Å². The summed E-state index contributed by atoms with van der Waals surface area (Å²) in [5, 5.41) is 4.34. The first-order valence-electron chi connectivity index (χ1n) is 13.6. The van der Waals surface area contributed by atoms with Gasteiger partial charge in [-0.2, -0.15) is 0 Å². The van der Waals surface area contributed by atoms with E-state index in [0.717, 1.165) is 61.8 Å². The van der Waals surface area contributed by atoms with E-state index in [1.54, 1.807) is 0 Å². The first-order valence-corrected chi connectivity index (χ1v) is 16.8. The van der Waals surface area contributed by atoms with Gasteiger partial charge >= 0.3 is 0 Å². The third-order valence-electron chi connectivity index (χ3n) is 8.92. The normalized spacial score (nSPS) is 22.3. The number of anilines is 1. The number of hydrogen-bond donors (Lipinski definition) is 1. The second-order valence-corrected chi connectivity index (χ2v) is 17.5. The molecule has 1 saturated carbocycles. The van der Waals surface area contributed by atoms with E-state index in [0.29, 0.717) is 11.8 Å². The molecular formula is C29H40ClN3O2Si. The summed E-state index contributed by atoms with van der Waals surface area (Å²) >= 11 is 6.01. The van der Waals surface area contributed by atoms with Crippen LogP contribution in [-0.2, 0) is 23.7 Å². The fraction of sp³-hybridized carbons (Fsp3) is 0.586. The molecule has 0 unspecified atom stereocenters. The van der Waals surface area contributed by atoms with Gasteiger partial charge in [0.05, 0.1) is 30.1 Å². The van der Waals surface area contributed by atoms with Gasteiger partial charge in [0, 0.05) is 6.20 Å². The molecular weight excluding hydrogens is 486 g/mol. The lowest BCUT2D eigenvalue weighted by molar-refractivity contribution is 0.0243. The number of benzene rings is 1. The minimum Gasteiger partial charge on any atom is -0.412 e. The Morgan fingerprint density at radius 2 is 1.89 bits per heavy atom. The maximum absolute atomic E-state index is 14.1. The molecule has 36 heavy (non-hydrogen) atoms. The average molecular weight is 526 g/mol. The Kier molecular flexibility index (Phi) is 6.99. The first-order chi connectivity index (χ1) is 17.0. The van der Waals surface area contributed by atoms with Crippen LogP contribution in [0.3, 0.4) is 0 Å². The van der Waals surface area contributed by atoms with Crippen molar-refractivity contribution >= 4 is 31.5 Å². The number of pyridine rings is 1. The largest absolute Gasteiger partial charge is 0.412 e. The molecule has 1 amide bonds. The van der Waals surface area contributed by atoms with Gasteiger partial charge in [-0.1, -0.05) is 51.3 Å². The number of aromatic nitrogens is 1. The van der Waals surface area contributed by atoms with Gasteiger partial charge < -0.3 is 14.6 Å². The Bertz CT molecular complexity index is 1140. The molecule has 0 saturated heterocycles. The van der Waals surface area contributed by atoms with Crippen LogP contribution in [0, 0.1) is 0 Å². The Morgan fingerprint density at radius 3 is 2.61 bits per heavy atom. The zero-order valence-electron chi connectivity index (χ0n) is 22.4. The fourth-order valence-electron chi connectivity index (χ4n) is 5.91. The summed E-state index contributed by atoms with van der Waals surface area (Å²) in [7, 11) is -1.94. The summed E-state index contributed by atoms with van der Waals surface area (Å²) in [6, 6.07) is 6.16. The molecule has 1 aromatic heterocycles. The number of fused-ring (bicyclic) bond motifs is 3. The minimum atomic E-state index is -1.94. The van der Waals surface area contributed by atoms with E-state index < -0.39 is 8.32 Å². The number of rotatable bonds is 5. The van der Waals surface area contributed by atoms with Crippen molar-refractivity contribution in [2.24, 2.45) is 0 Å². The number of amides is 1. The second kappa shape index (κ2) is 9.77. The predicted molar refractivity (Wildman–Crippen MR) is 150 cm³/mol. The summed E-state index contributed by atoms with van der Waals surface area (Å²) in [5.41, 5.74) is 7.02. The van der Waals surface area contributed by atoms with Crippen molar-refractivity contribution < 1.29 is 9.22 Å². The molecule has 2 atom stereocenters. The van der Waals surface area contributed by atoms with E-state index in [4.69, 9.17) is 16.0 Å². The summed E-state index contributed by atoms with van der Waals surface area (Å²) in [5.74, 6) is 0.157. The molecule has 1 aromatic carbocycles. The summed E-state index contributed by atoms with van der Waals surface area (Å²) in [6.07, 6.45) is 10.3. The number of hydrogen-bond acceptors (Lipinski definition) is 4. The van der Waals surface area contributed by atoms with E-state index >= 15 is 0 Å². The number of nitrogens with one attached hydrogen (secondary N) is 1. The Labute approximate surface area is 222 Å². The monoisotopic (exact) mass is 525 g/mol. The number of nitrogens with zero attached hydrogens (tertiary/aromatic N) is 2. The molecule has 1 aliphatic heterocycles. The van der Waals surface area contributed by atoms with Gasteiger partial charge in [0.2, 0.25) is 0 Å². The summed E-state index contributed by atoms with van der Waals surface area (Å²) < 4.78 is 6.93. The average Bonchev–Trinajstić information content (AvgIpc) is 3.32. The van der Waals surface area contributed by atoms with Gasteiger partial charge in [-0.3, -0.25) is 4.79 Å². The maximum atomic E-state index is 14.1. The lowest BCUT2D eigenvalue weighted by Gasteiger charge is -2.47. The molecule has 3 aliphatic rings. The molecule has 7 heteroatoms. The highest BCUT2D eigenvalue weighted by molar-refractivity contribution is 6.74. The SMILES string of the molecule is CC(C)(C)[Si](C)(C)O[C@H]1CCCC[C@@H]1N1CNc2c(cc(Cc3ccc(Cl)nc3)c3c2CCC3)C1=O. The lowest BCUT2D eigenvalue weighted by atomic mass is 9.89. The topological polar surface area (TPSA) is 54.5 Å². The van der Waals surface area contributed by atoms with E-state index in [1.807, 2.05) is 18.3 Å². The molecule has 0 bridgehead atoms. The van der Waals surface area contributed by atoms with Crippen molar-refractivity contribution in [1.29, 1.82) is 0 Å². The molecule has 0 spiro atoms. The highest BCUT2D eigenvalue weighted by Crippen LogP contribution is 2.42. The van der Waals surface area contributed by atoms with E-state index in [9.17, 15) is 4.79 Å². The molecule has 2 aromatic rings. The minimum absolute atomic E-state index is 0.112. The van der Waals surface area contributed by atoms with Crippen LogP contribution in [0.2, 0.25) is 23.3 Å². The zero-order chi connectivity index (χ0) is 25.7. The molecule has 194 valence electrons. The van der Waals surface area contributed by atoms with Crippen LogP contribution >= 0.6 is 11.6 Å². The van der Waals surface area contributed by atoms with E-state index in [1.165, 1.54) is 23.1 Å². The van der Waals surface area contributed by atoms with Gasteiger partial charge in [0.15, 0.2) is 8.32 Å². The second-order valence-electron chi connectivity index (χ2n) is 12.3. The van der Waals surface area contributed by atoms with Crippen molar-refractivity contribution in [2.75, 3.05) is 12.0 Å². The maximum Gasteiger partial charge on any atom is 0.257 e. The third kappa shape index (κ3) is 4.84. The first kappa shape index (κ1) is 25.7. The summed E-state index contributed by atoms with van der Waals surface area (Å²) in [4.78, 5) is 20.4. The van der Waals surface area contributed by atoms with E-state index in [-0.39, 0.29) is 23.1 Å².